The Morgan fingerprint density at radius 1 is 1.78 bits per heavy atom. The number of hydrogen-bond donors (Lipinski definition) is 2. The smallest absolute Gasteiger partial charge is 0.183 e. The summed E-state index contributed by atoms with van der Waals surface area (Å²) in [4.78, 5) is 0. The van der Waals surface area contributed by atoms with Crippen LogP contribution in [0.5, 0.6) is 0 Å². The highest BCUT2D eigenvalue weighted by Gasteiger charge is 1.87. The van der Waals surface area contributed by atoms with Crippen LogP contribution in [0.25, 0.3) is 0 Å². The average Bonchev–Trinajstić information content (AvgIpc) is 1.85. The van der Waals surface area contributed by atoms with Crippen LogP contribution in [0.15, 0.2) is 0 Å². The zero-order valence-corrected chi connectivity index (χ0v) is 6.09. The van der Waals surface area contributed by atoms with E-state index < -0.39 is 0 Å². The molecule has 9 heavy (non-hydrogen) atoms. The summed E-state index contributed by atoms with van der Waals surface area (Å²) in [6, 6.07) is 0. The molecule has 0 aliphatic rings. The van der Waals surface area contributed by atoms with E-state index in [0.717, 1.165) is 13.0 Å². The Bertz CT molecular complexity index is 127. The number of thiocarbonyl (C=S) groups is 1. The van der Waals surface area contributed by atoms with Crippen molar-refractivity contribution in [1.82, 2.24) is 10.6 Å². The number of nitriles is 1. The zero-order valence-electron chi connectivity index (χ0n) is 5.27. The summed E-state index contributed by atoms with van der Waals surface area (Å²) in [5.74, 6) is 0. The van der Waals surface area contributed by atoms with Crippen molar-refractivity contribution in [3.63, 3.8) is 0 Å². The first-order valence-electron chi connectivity index (χ1n) is 2.74. The van der Waals surface area contributed by atoms with Gasteiger partial charge in [0.25, 0.3) is 0 Å². The van der Waals surface area contributed by atoms with E-state index in [4.69, 9.17) is 5.26 Å². The fourth-order valence-corrected chi connectivity index (χ4v) is 0.481. The number of hydrogen-bond acceptors (Lipinski definition) is 2. The van der Waals surface area contributed by atoms with Gasteiger partial charge in [0.1, 0.15) is 0 Å². The molecular weight excluding hydrogens is 134 g/mol. The third-order valence-corrected chi connectivity index (χ3v) is 0.951. The van der Waals surface area contributed by atoms with E-state index in [0.29, 0.717) is 5.11 Å². The van der Waals surface area contributed by atoms with Gasteiger partial charge in [-0.15, -0.1) is 0 Å². The summed E-state index contributed by atoms with van der Waals surface area (Å²) in [5, 5.41) is 13.6. The van der Waals surface area contributed by atoms with Gasteiger partial charge in [-0.05, 0) is 18.6 Å². The minimum absolute atomic E-state index is 0.402. The SMILES string of the molecule is CCCNC(=S)NC#N. The van der Waals surface area contributed by atoms with E-state index in [1.807, 2.05) is 6.92 Å². The summed E-state index contributed by atoms with van der Waals surface area (Å²) < 4.78 is 0. The molecular formula is C5H9N3S. The summed E-state index contributed by atoms with van der Waals surface area (Å²) in [5.41, 5.74) is 0. The predicted octanol–water partition coefficient (Wildman–Crippen LogP) is 0.342. The summed E-state index contributed by atoms with van der Waals surface area (Å²) in [7, 11) is 0. The van der Waals surface area contributed by atoms with E-state index in [1.54, 1.807) is 6.19 Å². The van der Waals surface area contributed by atoms with Crippen LogP contribution in [-0.2, 0) is 0 Å². The number of nitrogens with zero attached hydrogens (tertiary/aromatic N) is 1. The maximum Gasteiger partial charge on any atom is 0.183 e. The molecule has 0 aliphatic carbocycles. The first kappa shape index (κ1) is 8.18. The molecule has 0 aromatic rings. The van der Waals surface area contributed by atoms with Crippen LogP contribution in [0.1, 0.15) is 13.3 Å². The average molecular weight is 143 g/mol. The van der Waals surface area contributed by atoms with E-state index >= 15 is 0 Å². The second-order valence-electron chi connectivity index (χ2n) is 1.49. The number of rotatable bonds is 2. The second kappa shape index (κ2) is 5.32. The fourth-order valence-electron chi connectivity index (χ4n) is 0.333. The van der Waals surface area contributed by atoms with Gasteiger partial charge in [-0.3, -0.25) is 5.32 Å². The molecule has 0 spiro atoms. The third kappa shape index (κ3) is 5.04. The van der Waals surface area contributed by atoms with Gasteiger partial charge in [-0.1, -0.05) is 6.92 Å². The van der Waals surface area contributed by atoms with Crippen molar-refractivity contribution in [2.45, 2.75) is 13.3 Å². The highest BCUT2D eigenvalue weighted by Crippen LogP contribution is 1.69. The van der Waals surface area contributed by atoms with E-state index in [-0.39, 0.29) is 0 Å². The molecule has 4 heteroatoms. The minimum atomic E-state index is 0.402. The molecule has 0 fully saturated rings. The van der Waals surface area contributed by atoms with Crippen LogP contribution >= 0.6 is 12.2 Å². The van der Waals surface area contributed by atoms with Gasteiger partial charge >= 0.3 is 0 Å². The largest absolute Gasteiger partial charge is 0.362 e. The highest BCUT2D eigenvalue weighted by molar-refractivity contribution is 7.80. The topological polar surface area (TPSA) is 47.8 Å². The first-order chi connectivity index (χ1) is 4.31. The van der Waals surface area contributed by atoms with Crippen molar-refractivity contribution < 1.29 is 0 Å². The molecule has 0 saturated heterocycles. The van der Waals surface area contributed by atoms with Crippen molar-refractivity contribution in [3.8, 4) is 6.19 Å². The van der Waals surface area contributed by atoms with Crippen molar-refractivity contribution in [2.24, 2.45) is 0 Å². The van der Waals surface area contributed by atoms with E-state index in [1.165, 1.54) is 0 Å². The summed E-state index contributed by atoms with van der Waals surface area (Å²) in [6.45, 7) is 2.84. The van der Waals surface area contributed by atoms with Crippen LogP contribution in [-0.4, -0.2) is 11.7 Å². The molecule has 3 nitrogen and oxygen atoms in total. The standard InChI is InChI=1S/C5H9N3S/c1-2-3-7-5(9)8-4-6/h2-3H2,1H3,(H2,7,8,9). The Morgan fingerprint density at radius 2 is 2.44 bits per heavy atom. The molecule has 0 heterocycles. The molecule has 0 unspecified atom stereocenters. The minimum Gasteiger partial charge on any atom is -0.362 e. The summed E-state index contributed by atoms with van der Waals surface area (Å²) >= 11 is 4.67. The number of nitrogens with one attached hydrogen (secondary N) is 2. The van der Waals surface area contributed by atoms with Gasteiger partial charge in [0.2, 0.25) is 0 Å². The molecule has 0 radical (unpaired) electrons. The van der Waals surface area contributed by atoms with Crippen LogP contribution < -0.4 is 10.6 Å². The van der Waals surface area contributed by atoms with Crippen LogP contribution in [0, 0.1) is 11.5 Å². The third-order valence-electron chi connectivity index (χ3n) is 0.705. The molecule has 0 bridgehead atoms. The molecule has 0 atom stereocenters. The first-order valence-corrected chi connectivity index (χ1v) is 3.15. The van der Waals surface area contributed by atoms with E-state index in [9.17, 15) is 0 Å². The molecule has 0 rings (SSSR count). The van der Waals surface area contributed by atoms with Gasteiger partial charge in [-0.2, -0.15) is 5.26 Å². The lowest BCUT2D eigenvalue weighted by atomic mass is 10.5. The normalized spacial score (nSPS) is 7.56. The molecule has 0 amide bonds. The second-order valence-corrected chi connectivity index (χ2v) is 1.90. The van der Waals surface area contributed by atoms with E-state index in [2.05, 4.69) is 22.9 Å². The fraction of sp³-hybridized carbons (Fsp3) is 0.600. The van der Waals surface area contributed by atoms with Gasteiger partial charge in [0.15, 0.2) is 11.3 Å². The van der Waals surface area contributed by atoms with Crippen molar-refractivity contribution >= 4 is 17.3 Å². The molecule has 0 saturated carbocycles. The Balaban J connectivity index is 3.19. The Labute approximate surface area is 60.1 Å². The lowest BCUT2D eigenvalue weighted by molar-refractivity contribution is 0.834. The molecule has 2 N–H and O–H groups in total. The highest BCUT2D eigenvalue weighted by atomic mass is 32.1. The van der Waals surface area contributed by atoms with Crippen molar-refractivity contribution in [3.05, 3.63) is 0 Å². The molecule has 50 valence electrons. The quantitative estimate of drug-likeness (QED) is 0.332. The van der Waals surface area contributed by atoms with Gasteiger partial charge < -0.3 is 5.32 Å². The molecule has 0 aromatic carbocycles. The van der Waals surface area contributed by atoms with Gasteiger partial charge in [0.05, 0.1) is 0 Å². The van der Waals surface area contributed by atoms with Crippen molar-refractivity contribution in [2.75, 3.05) is 6.54 Å². The summed E-state index contributed by atoms with van der Waals surface area (Å²) in [6.07, 6.45) is 2.73. The Hall–Kier alpha value is -0.820. The maximum atomic E-state index is 8.05. The zero-order chi connectivity index (χ0) is 7.11. The van der Waals surface area contributed by atoms with Crippen LogP contribution in [0.3, 0.4) is 0 Å². The van der Waals surface area contributed by atoms with Gasteiger partial charge in [0, 0.05) is 6.54 Å². The Morgan fingerprint density at radius 3 is 2.89 bits per heavy atom. The van der Waals surface area contributed by atoms with Crippen LogP contribution in [0.2, 0.25) is 0 Å². The maximum absolute atomic E-state index is 8.05. The Kier molecular flexibility index (Phi) is 4.83. The monoisotopic (exact) mass is 143 g/mol. The lowest BCUT2D eigenvalue weighted by Gasteiger charge is -2.00. The molecule has 0 aliphatic heterocycles. The van der Waals surface area contributed by atoms with Crippen LogP contribution in [0.4, 0.5) is 0 Å². The van der Waals surface area contributed by atoms with Crippen molar-refractivity contribution in [1.29, 1.82) is 5.26 Å². The molecule has 0 aromatic heterocycles. The lowest BCUT2D eigenvalue weighted by Crippen LogP contribution is -2.32. The van der Waals surface area contributed by atoms with Gasteiger partial charge in [-0.25, -0.2) is 0 Å². The predicted molar refractivity (Wildman–Crippen MR) is 39.6 cm³/mol.